The first kappa shape index (κ1) is 14.6. The molecule has 0 unspecified atom stereocenters. The summed E-state index contributed by atoms with van der Waals surface area (Å²) in [6.07, 6.45) is 1.14. The third-order valence-corrected chi connectivity index (χ3v) is 2.12. The molecule has 18 heavy (non-hydrogen) atoms. The van der Waals surface area contributed by atoms with Crippen molar-refractivity contribution in [2.45, 2.75) is 33.3 Å². The second-order valence-corrected chi connectivity index (χ2v) is 4.37. The quantitative estimate of drug-likeness (QED) is 0.571. The van der Waals surface area contributed by atoms with Gasteiger partial charge in [-0.05, 0) is 20.3 Å². The highest BCUT2D eigenvalue weighted by Crippen LogP contribution is 2.25. The lowest BCUT2D eigenvalue weighted by Gasteiger charge is -2.13. The number of hydrogen-bond donors (Lipinski definition) is 1. The minimum absolute atomic E-state index is 0.118. The molecule has 0 aromatic heterocycles. The summed E-state index contributed by atoms with van der Waals surface area (Å²) in [5.74, 6) is 1.44. The average molecular weight is 253 g/mol. The number of rotatable bonds is 8. The molecule has 0 fully saturated rings. The van der Waals surface area contributed by atoms with Crippen LogP contribution in [0.2, 0.25) is 0 Å². The number of benzene rings is 1. The van der Waals surface area contributed by atoms with Gasteiger partial charge in [0.25, 0.3) is 0 Å². The Labute approximate surface area is 109 Å². The molecule has 2 N–H and O–H groups in total. The smallest absolute Gasteiger partial charge is 0.125 e. The van der Waals surface area contributed by atoms with Crippen LogP contribution in [0.3, 0.4) is 0 Å². The van der Waals surface area contributed by atoms with E-state index in [0.29, 0.717) is 24.7 Å². The van der Waals surface area contributed by atoms with E-state index in [1.54, 1.807) is 12.1 Å². The van der Waals surface area contributed by atoms with Crippen molar-refractivity contribution in [1.82, 2.24) is 0 Å². The van der Waals surface area contributed by atoms with Gasteiger partial charge in [0.15, 0.2) is 0 Å². The van der Waals surface area contributed by atoms with Crippen molar-refractivity contribution in [3.63, 3.8) is 0 Å². The highest BCUT2D eigenvalue weighted by molar-refractivity contribution is 5.50. The van der Waals surface area contributed by atoms with Crippen molar-refractivity contribution in [2.75, 3.05) is 25.6 Å². The molecule has 0 saturated heterocycles. The van der Waals surface area contributed by atoms with Crippen molar-refractivity contribution in [1.29, 1.82) is 0 Å². The summed E-state index contributed by atoms with van der Waals surface area (Å²) in [6.45, 7) is 7.90. The van der Waals surface area contributed by atoms with E-state index in [1.807, 2.05) is 19.9 Å². The number of nitrogen functional groups attached to an aromatic ring is 1. The highest BCUT2D eigenvalue weighted by Gasteiger charge is 2.03. The molecule has 0 radical (unpaired) electrons. The van der Waals surface area contributed by atoms with Crippen LogP contribution in [-0.2, 0) is 4.74 Å². The van der Waals surface area contributed by atoms with Crippen LogP contribution in [0.4, 0.5) is 5.69 Å². The van der Waals surface area contributed by atoms with Gasteiger partial charge in [-0.1, -0.05) is 6.92 Å². The van der Waals surface area contributed by atoms with Gasteiger partial charge in [0, 0.05) is 30.5 Å². The minimum Gasteiger partial charge on any atom is -0.491 e. The van der Waals surface area contributed by atoms with Gasteiger partial charge in [0.05, 0.1) is 12.7 Å². The van der Waals surface area contributed by atoms with Crippen molar-refractivity contribution < 1.29 is 14.2 Å². The summed E-state index contributed by atoms with van der Waals surface area (Å²) in [5.41, 5.74) is 6.43. The topological polar surface area (TPSA) is 53.7 Å². The second kappa shape index (κ2) is 7.82. The molecule has 102 valence electrons. The molecule has 0 bridgehead atoms. The van der Waals surface area contributed by atoms with Gasteiger partial charge in [0.1, 0.15) is 18.1 Å². The fraction of sp³-hybridized carbons (Fsp3) is 0.571. The molecule has 1 aromatic carbocycles. The maximum atomic E-state index is 5.80. The lowest BCUT2D eigenvalue weighted by atomic mass is 10.3. The predicted molar refractivity (Wildman–Crippen MR) is 73.2 cm³/mol. The van der Waals surface area contributed by atoms with Gasteiger partial charge in [-0.3, -0.25) is 0 Å². The Balaban J connectivity index is 2.46. The van der Waals surface area contributed by atoms with Crippen molar-refractivity contribution in [3.8, 4) is 11.5 Å². The van der Waals surface area contributed by atoms with Crippen molar-refractivity contribution in [2.24, 2.45) is 0 Å². The molecule has 4 heteroatoms. The Morgan fingerprint density at radius 3 is 2.44 bits per heavy atom. The number of anilines is 1. The van der Waals surface area contributed by atoms with Gasteiger partial charge in [-0.25, -0.2) is 0 Å². The van der Waals surface area contributed by atoms with Crippen LogP contribution in [0, 0.1) is 0 Å². The average Bonchev–Trinajstić information content (AvgIpc) is 2.27. The van der Waals surface area contributed by atoms with Crippen LogP contribution in [-0.4, -0.2) is 25.9 Å². The SMILES string of the molecule is CCCOCCOc1cc(N)cc(OC(C)C)c1. The fourth-order valence-electron chi connectivity index (χ4n) is 1.48. The molecule has 0 saturated carbocycles. The summed E-state index contributed by atoms with van der Waals surface area (Å²) in [5, 5.41) is 0. The molecule has 0 heterocycles. The summed E-state index contributed by atoms with van der Waals surface area (Å²) >= 11 is 0. The number of hydrogen-bond acceptors (Lipinski definition) is 4. The maximum absolute atomic E-state index is 5.80. The summed E-state index contributed by atoms with van der Waals surface area (Å²) in [7, 11) is 0. The minimum atomic E-state index is 0.118. The standard InChI is InChI=1S/C14H23NO3/c1-4-5-16-6-7-17-13-8-12(15)9-14(10-13)18-11(2)3/h8-11H,4-7,15H2,1-3H3. The summed E-state index contributed by atoms with van der Waals surface area (Å²) in [6, 6.07) is 5.42. The second-order valence-electron chi connectivity index (χ2n) is 4.37. The highest BCUT2D eigenvalue weighted by atomic mass is 16.5. The molecule has 0 aliphatic heterocycles. The summed E-state index contributed by atoms with van der Waals surface area (Å²) < 4.78 is 16.5. The Hall–Kier alpha value is -1.42. The molecular formula is C14H23NO3. The van der Waals surface area contributed by atoms with Gasteiger partial charge in [-0.2, -0.15) is 0 Å². The molecular weight excluding hydrogens is 230 g/mol. The molecule has 0 aliphatic rings. The molecule has 0 amide bonds. The van der Waals surface area contributed by atoms with E-state index in [9.17, 15) is 0 Å². The van der Waals surface area contributed by atoms with Gasteiger partial charge in [-0.15, -0.1) is 0 Å². The van der Waals surface area contributed by atoms with E-state index in [0.717, 1.165) is 18.8 Å². The fourth-order valence-corrected chi connectivity index (χ4v) is 1.48. The predicted octanol–water partition coefficient (Wildman–Crippen LogP) is 2.86. The van der Waals surface area contributed by atoms with Crippen LogP contribution in [0.5, 0.6) is 11.5 Å². The Morgan fingerprint density at radius 1 is 1.06 bits per heavy atom. The van der Waals surface area contributed by atoms with E-state index in [4.69, 9.17) is 19.9 Å². The van der Waals surface area contributed by atoms with Crippen LogP contribution in [0.15, 0.2) is 18.2 Å². The molecule has 0 atom stereocenters. The molecule has 1 aromatic rings. The van der Waals surface area contributed by atoms with Crippen LogP contribution in [0.25, 0.3) is 0 Å². The van der Waals surface area contributed by atoms with E-state index in [2.05, 4.69) is 6.92 Å². The van der Waals surface area contributed by atoms with E-state index >= 15 is 0 Å². The third-order valence-electron chi connectivity index (χ3n) is 2.12. The Kier molecular flexibility index (Phi) is 6.36. The molecule has 1 rings (SSSR count). The zero-order chi connectivity index (χ0) is 13.4. The Bertz CT molecular complexity index is 353. The summed E-state index contributed by atoms with van der Waals surface area (Å²) in [4.78, 5) is 0. The monoisotopic (exact) mass is 253 g/mol. The maximum Gasteiger partial charge on any atom is 0.125 e. The molecule has 0 aliphatic carbocycles. The van der Waals surface area contributed by atoms with Crippen molar-refractivity contribution in [3.05, 3.63) is 18.2 Å². The van der Waals surface area contributed by atoms with E-state index in [-0.39, 0.29) is 6.10 Å². The van der Waals surface area contributed by atoms with Gasteiger partial charge < -0.3 is 19.9 Å². The van der Waals surface area contributed by atoms with E-state index in [1.165, 1.54) is 0 Å². The Morgan fingerprint density at radius 2 is 1.78 bits per heavy atom. The van der Waals surface area contributed by atoms with Crippen LogP contribution in [0.1, 0.15) is 27.2 Å². The zero-order valence-electron chi connectivity index (χ0n) is 11.4. The first-order chi connectivity index (χ1) is 8.61. The lowest BCUT2D eigenvalue weighted by molar-refractivity contribution is 0.100. The number of nitrogens with two attached hydrogens (primary N) is 1. The normalized spacial score (nSPS) is 10.7. The van der Waals surface area contributed by atoms with Crippen LogP contribution < -0.4 is 15.2 Å². The van der Waals surface area contributed by atoms with Crippen LogP contribution >= 0.6 is 0 Å². The third kappa shape index (κ3) is 5.77. The zero-order valence-corrected chi connectivity index (χ0v) is 11.4. The first-order valence-corrected chi connectivity index (χ1v) is 6.39. The van der Waals surface area contributed by atoms with Gasteiger partial charge in [0.2, 0.25) is 0 Å². The van der Waals surface area contributed by atoms with Gasteiger partial charge >= 0.3 is 0 Å². The number of ether oxygens (including phenoxy) is 3. The lowest BCUT2D eigenvalue weighted by Crippen LogP contribution is -2.08. The molecule has 0 spiro atoms. The van der Waals surface area contributed by atoms with Crippen molar-refractivity contribution >= 4 is 5.69 Å². The first-order valence-electron chi connectivity index (χ1n) is 6.39. The molecule has 4 nitrogen and oxygen atoms in total. The van der Waals surface area contributed by atoms with E-state index < -0.39 is 0 Å². The largest absolute Gasteiger partial charge is 0.491 e.